The van der Waals surface area contributed by atoms with Crippen molar-refractivity contribution in [1.29, 1.82) is 0 Å². The molecular weight excluding hydrogens is 132 g/mol. The van der Waals surface area contributed by atoms with Gasteiger partial charge in [-0.1, -0.05) is 20.8 Å². The quantitative estimate of drug-likeness (QED) is 0.487. The van der Waals surface area contributed by atoms with Gasteiger partial charge in [-0.2, -0.15) is 0 Å². The second kappa shape index (κ2) is 1.65. The summed E-state index contributed by atoms with van der Waals surface area (Å²) >= 11 is 0. The molecule has 0 aromatic heterocycles. The average molecular weight is 144 g/mol. The molecule has 0 bridgehead atoms. The van der Waals surface area contributed by atoms with Gasteiger partial charge in [0.1, 0.15) is 0 Å². The summed E-state index contributed by atoms with van der Waals surface area (Å²) in [6.07, 6.45) is -0.572. The molecule has 1 rings (SSSR count). The van der Waals surface area contributed by atoms with Crippen LogP contribution in [0.3, 0.4) is 0 Å². The van der Waals surface area contributed by atoms with Crippen molar-refractivity contribution in [2.45, 2.75) is 33.5 Å². The van der Waals surface area contributed by atoms with E-state index in [2.05, 4.69) is 0 Å². The first kappa shape index (κ1) is 7.38. The maximum atomic E-state index is 10.3. The number of carbonyl (C=O) groups is 1. The number of cyclic esters (lactones) is 2. The Morgan fingerprint density at radius 2 is 1.70 bits per heavy atom. The lowest BCUT2D eigenvalue weighted by molar-refractivity contribution is -0.307. The molecule has 0 aliphatic carbocycles. The Labute approximate surface area is 60.3 Å². The van der Waals surface area contributed by atoms with Crippen molar-refractivity contribution in [2.24, 2.45) is 5.41 Å². The molecule has 1 heterocycles. The van der Waals surface area contributed by atoms with Crippen molar-refractivity contribution >= 4 is 6.16 Å². The molecule has 0 radical (unpaired) electrons. The third-order valence-electron chi connectivity index (χ3n) is 1.92. The van der Waals surface area contributed by atoms with Crippen LogP contribution in [0.4, 0.5) is 4.79 Å². The first-order valence-electron chi connectivity index (χ1n) is 3.27. The third-order valence-corrected chi connectivity index (χ3v) is 1.92. The Kier molecular flexibility index (Phi) is 1.22. The lowest BCUT2D eigenvalue weighted by Gasteiger charge is -2.45. The van der Waals surface area contributed by atoms with E-state index < -0.39 is 11.9 Å². The van der Waals surface area contributed by atoms with Crippen molar-refractivity contribution in [1.82, 2.24) is 0 Å². The number of rotatable bonds is 0. The second-order valence-electron chi connectivity index (χ2n) is 3.65. The molecule has 0 saturated carbocycles. The Morgan fingerprint density at radius 1 is 1.30 bits per heavy atom. The van der Waals surface area contributed by atoms with Gasteiger partial charge in [0.2, 0.25) is 0 Å². The van der Waals surface area contributed by atoms with Gasteiger partial charge in [0, 0.05) is 12.3 Å². The summed E-state index contributed by atoms with van der Waals surface area (Å²) in [5.41, 5.74) is -0.152. The predicted molar refractivity (Wildman–Crippen MR) is 35.4 cm³/mol. The molecule has 0 aromatic rings. The van der Waals surface area contributed by atoms with E-state index in [9.17, 15) is 4.79 Å². The fourth-order valence-corrected chi connectivity index (χ4v) is 0.632. The first-order chi connectivity index (χ1) is 4.35. The van der Waals surface area contributed by atoms with E-state index in [0.29, 0.717) is 0 Å². The standard InChI is InChI=1S/C7H12O3/c1-6(2,3)7(4)9-5(8)10-7/h1-4H3. The smallest absolute Gasteiger partial charge is 0.391 e. The van der Waals surface area contributed by atoms with Crippen LogP contribution in [0.2, 0.25) is 0 Å². The van der Waals surface area contributed by atoms with Gasteiger partial charge in [0.25, 0.3) is 5.79 Å². The first-order valence-corrected chi connectivity index (χ1v) is 3.27. The summed E-state index contributed by atoms with van der Waals surface area (Å²) in [6.45, 7) is 7.63. The molecule has 58 valence electrons. The molecule has 1 saturated heterocycles. The summed E-state index contributed by atoms with van der Waals surface area (Å²) in [5.74, 6) is -0.718. The van der Waals surface area contributed by atoms with Gasteiger partial charge in [-0.05, 0) is 0 Å². The minimum atomic E-state index is -0.718. The summed E-state index contributed by atoms with van der Waals surface area (Å²) in [4.78, 5) is 10.3. The van der Waals surface area contributed by atoms with Gasteiger partial charge in [-0.15, -0.1) is 0 Å². The maximum absolute atomic E-state index is 10.3. The number of hydrogen-bond acceptors (Lipinski definition) is 3. The molecule has 0 aromatic carbocycles. The van der Waals surface area contributed by atoms with E-state index in [1.807, 2.05) is 20.8 Å². The van der Waals surface area contributed by atoms with Gasteiger partial charge in [0.05, 0.1) is 0 Å². The van der Waals surface area contributed by atoms with Gasteiger partial charge < -0.3 is 9.47 Å². The molecule has 0 atom stereocenters. The van der Waals surface area contributed by atoms with Crippen molar-refractivity contribution in [2.75, 3.05) is 0 Å². The molecule has 0 amide bonds. The second-order valence-corrected chi connectivity index (χ2v) is 3.65. The van der Waals surface area contributed by atoms with Crippen LogP contribution < -0.4 is 0 Å². The number of hydrogen-bond donors (Lipinski definition) is 0. The van der Waals surface area contributed by atoms with E-state index in [-0.39, 0.29) is 5.41 Å². The zero-order chi connectivity index (χ0) is 7.99. The highest BCUT2D eigenvalue weighted by Crippen LogP contribution is 2.40. The normalized spacial score (nSPS) is 22.6. The highest BCUT2D eigenvalue weighted by atomic mass is 16.9. The van der Waals surface area contributed by atoms with E-state index in [0.717, 1.165) is 0 Å². The average Bonchev–Trinajstić information content (AvgIpc) is 1.58. The van der Waals surface area contributed by atoms with Gasteiger partial charge in [0.15, 0.2) is 0 Å². The van der Waals surface area contributed by atoms with Crippen LogP contribution >= 0.6 is 0 Å². The minimum absolute atomic E-state index is 0.152. The topological polar surface area (TPSA) is 35.5 Å². The van der Waals surface area contributed by atoms with Crippen LogP contribution in [0.1, 0.15) is 27.7 Å². The summed E-state index contributed by atoms with van der Waals surface area (Å²) < 4.78 is 9.66. The van der Waals surface area contributed by atoms with E-state index in [1.54, 1.807) is 6.92 Å². The lowest BCUT2D eigenvalue weighted by Crippen LogP contribution is -2.56. The molecule has 0 N–H and O–H groups in total. The van der Waals surface area contributed by atoms with Gasteiger partial charge >= 0.3 is 6.16 Å². The molecule has 10 heavy (non-hydrogen) atoms. The largest absolute Gasteiger partial charge is 0.514 e. The molecule has 3 nitrogen and oxygen atoms in total. The Bertz CT molecular complexity index is 158. The highest BCUT2D eigenvalue weighted by molar-refractivity contribution is 5.65. The van der Waals surface area contributed by atoms with E-state index >= 15 is 0 Å². The van der Waals surface area contributed by atoms with Crippen molar-refractivity contribution < 1.29 is 14.3 Å². The van der Waals surface area contributed by atoms with Crippen LogP contribution in [0.25, 0.3) is 0 Å². The zero-order valence-corrected chi connectivity index (χ0v) is 6.72. The third kappa shape index (κ3) is 0.856. The molecule has 1 fully saturated rings. The number of ether oxygens (including phenoxy) is 2. The van der Waals surface area contributed by atoms with Crippen LogP contribution in [-0.4, -0.2) is 11.9 Å². The summed E-state index contributed by atoms with van der Waals surface area (Å²) in [5, 5.41) is 0. The number of carbonyl (C=O) groups excluding carboxylic acids is 1. The van der Waals surface area contributed by atoms with Crippen LogP contribution in [0, 0.1) is 5.41 Å². The molecule has 1 aliphatic heterocycles. The fraction of sp³-hybridized carbons (Fsp3) is 0.857. The monoisotopic (exact) mass is 144 g/mol. The highest BCUT2D eigenvalue weighted by Gasteiger charge is 2.53. The maximum Gasteiger partial charge on any atom is 0.514 e. The molecule has 3 heteroatoms. The van der Waals surface area contributed by atoms with Crippen LogP contribution in [0.5, 0.6) is 0 Å². The summed E-state index contributed by atoms with van der Waals surface area (Å²) in [7, 11) is 0. The van der Waals surface area contributed by atoms with Crippen molar-refractivity contribution in [3.05, 3.63) is 0 Å². The molecule has 0 unspecified atom stereocenters. The van der Waals surface area contributed by atoms with Crippen LogP contribution in [0.15, 0.2) is 0 Å². The van der Waals surface area contributed by atoms with Crippen molar-refractivity contribution in [3.63, 3.8) is 0 Å². The van der Waals surface area contributed by atoms with E-state index in [1.165, 1.54) is 0 Å². The van der Waals surface area contributed by atoms with Gasteiger partial charge in [-0.3, -0.25) is 0 Å². The Balaban J connectivity index is 2.65. The Hall–Kier alpha value is -0.730. The molecule has 0 spiro atoms. The fourth-order valence-electron chi connectivity index (χ4n) is 0.632. The van der Waals surface area contributed by atoms with Crippen LogP contribution in [-0.2, 0) is 9.47 Å². The van der Waals surface area contributed by atoms with E-state index in [4.69, 9.17) is 9.47 Å². The molecule has 1 aliphatic rings. The molecular formula is C7H12O3. The Morgan fingerprint density at radius 3 is 1.80 bits per heavy atom. The van der Waals surface area contributed by atoms with Gasteiger partial charge in [-0.25, -0.2) is 4.79 Å². The zero-order valence-electron chi connectivity index (χ0n) is 6.72. The minimum Gasteiger partial charge on any atom is -0.391 e. The summed E-state index contributed by atoms with van der Waals surface area (Å²) in [6, 6.07) is 0. The lowest BCUT2D eigenvalue weighted by atomic mass is 9.86. The predicted octanol–water partition coefficient (Wildman–Crippen LogP) is 1.92. The van der Waals surface area contributed by atoms with Crippen molar-refractivity contribution in [3.8, 4) is 0 Å². The SMILES string of the molecule is CC(C)(C)C1(C)OC(=O)O1.